The molecule has 4 heteroatoms. The summed E-state index contributed by atoms with van der Waals surface area (Å²) in [5.74, 6) is 0.667. The Bertz CT molecular complexity index is 367. The van der Waals surface area contributed by atoms with Gasteiger partial charge in [0, 0.05) is 17.6 Å². The van der Waals surface area contributed by atoms with Crippen molar-refractivity contribution in [2.45, 2.75) is 32.2 Å². The first-order valence-corrected chi connectivity index (χ1v) is 7.32. The molecule has 2 nitrogen and oxygen atoms in total. The van der Waals surface area contributed by atoms with Crippen molar-refractivity contribution in [3.63, 3.8) is 0 Å². The Kier molecular flexibility index (Phi) is 7.16. The van der Waals surface area contributed by atoms with Crippen LogP contribution in [0.3, 0.4) is 0 Å². The van der Waals surface area contributed by atoms with Crippen LogP contribution in [0.1, 0.15) is 37.8 Å². The number of likely N-dealkylation sites (tertiary alicyclic amines) is 1. The number of rotatable bonds is 4. The summed E-state index contributed by atoms with van der Waals surface area (Å²) >= 11 is 5.96. The molecule has 0 amide bonds. The number of nitrogens with two attached hydrogens (primary N) is 1. The van der Waals surface area contributed by atoms with E-state index in [2.05, 4.69) is 24.0 Å². The van der Waals surface area contributed by atoms with Crippen LogP contribution in [0.4, 0.5) is 0 Å². The van der Waals surface area contributed by atoms with Gasteiger partial charge in [-0.15, -0.1) is 12.4 Å². The molecule has 0 radical (unpaired) electrons. The summed E-state index contributed by atoms with van der Waals surface area (Å²) < 4.78 is 0. The molecule has 19 heavy (non-hydrogen) atoms. The van der Waals surface area contributed by atoms with E-state index in [0.717, 1.165) is 24.5 Å². The summed E-state index contributed by atoms with van der Waals surface area (Å²) in [7, 11) is 0. The van der Waals surface area contributed by atoms with Crippen LogP contribution in [0.25, 0.3) is 0 Å². The van der Waals surface area contributed by atoms with Gasteiger partial charge in [0.2, 0.25) is 0 Å². The van der Waals surface area contributed by atoms with Crippen molar-refractivity contribution >= 4 is 24.0 Å². The van der Waals surface area contributed by atoms with Gasteiger partial charge in [0.25, 0.3) is 0 Å². The lowest BCUT2D eigenvalue weighted by atomic mass is 9.94. The molecular formula is C15H24Cl2N2. The maximum absolute atomic E-state index is 5.96. The van der Waals surface area contributed by atoms with Gasteiger partial charge in [0.05, 0.1) is 0 Å². The van der Waals surface area contributed by atoms with E-state index < -0.39 is 0 Å². The highest BCUT2D eigenvalue weighted by atomic mass is 35.5. The zero-order valence-corrected chi connectivity index (χ0v) is 13.1. The third-order valence-corrected chi connectivity index (χ3v) is 4.22. The van der Waals surface area contributed by atoms with Crippen LogP contribution in [0.2, 0.25) is 5.02 Å². The third kappa shape index (κ3) is 4.35. The molecular weight excluding hydrogens is 279 g/mol. The fourth-order valence-electron chi connectivity index (χ4n) is 2.96. The van der Waals surface area contributed by atoms with E-state index in [1.54, 1.807) is 0 Å². The van der Waals surface area contributed by atoms with Crippen molar-refractivity contribution in [3.8, 4) is 0 Å². The number of piperidine rings is 1. The van der Waals surface area contributed by atoms with Crippen molar-refractivity contribution in [2.24, 2.45) is 11.7 Å². The summed E-state index contributed by atoms with van der Waals surface area (Å²) in [4.78, 5) is 2.59. The average Bonchev–Trinajstić information content (AvgIpc) is 2.42. The van der Waals surface area contributed by atoms with Gasteiger partial charge in [-0.2, -0.15) is 0 Å². The number of halogens is 2. The van der Waals surface area contributed by atoms with E-state index in [1.165, 1.54) is 24.9 Å². The second-order valence-corrected chi connectivity index (χ2v) is 5.65. The summed E-state index contributed by atoms with van der Waals surface area (Å²) in [6, 6.07) is 8.80. The van der Waals surface area contributed by atoms with Crippen molar-refractivity contribution in [1.82, 2.24) is 4.90 Å². The Labute approximate surface area is 127 Å². The van der Waals surface area contributed by atoms with Crippen molar-refractivity contribution < 1.29 is 0 Å². The molecule has 2 N–H and O–H groups in total. The molecule has 0 bridgehead atoms. The van der Waals surface area contributed by atoms with Gasteiger partial charge >= 0.3 is 0 Å². The Hall–Kier alpha value is -0.280. The second-order valence-electron chi connectivity index (χ2n) is 5.21. The topological polar surface area (TPSA) is 29.3 Å². The normalized spacial score (nSPS) is 21.7. The zero-order chi connectivity index (χ0) is 13.0. The molecule has 1 heterocycles. The first kappa shape index (κ1) is 16.8. The van der Waals surface area contributed by atoms with Crippen LogP contribution >= 0.6 is 24.0 Å². The first-order valence-electron chi connectivity index (χ1n) is 6.94. The molecule has 1 aromatic rings. The smallest absolute Gasteiger partial charge is 0.0406 e. The quantitative estimate of drug-likeness (QED) is 0.914. The van der Waals surface area contributed by atoms with Crippen LogP contribution in [0.15, 0.2) is 24.3 Å². The number of hydrogen-bond donors (Lipinski definition) is 1. The van der Waals surface area contributed by atoms with Crippen molar-refractivity contribution in [1.29, 1.82) is 0 Å². The zero-order valence-electron chi connectivity index (χ0n) is 11.5. The van der Waals surface area contributed by atoms with E-state index >= 15 is 0 Å². The average molecular weight is 303 g/mol. The van der Waals surface area contributed by atoms with Crippen LogP contribution in [-0.2, 0) is 0 Å². The van der Waals surface area contributed by atoms with E-state index in [4.69, 9.17) is 17.3 Å². The van der Waals surface area contributed by atoms with Crippen molar-refractivity contribution in [2.75, 3.05) is 19.6 Å². The minimum atomic E-state index is 0. The standard InChI is InChI=1S/C15H23ClN2.ClH/c1-2-15(13-5-7-14(16)8-6-13)18-9-3-4-12(10-17)11-18;/h5-8,12,15H,2-4,9-11,17H2,1H3;1H. The van der Waals surface area contributed by atoms with E-state index in [-0.39, 0.29) is 12.4 Å². The summed E-state index contributed by atoms with van der Waals surface area (Å²) in [6.45, 7) is 5.40. The molecule has 1 aliphatic rings. The van der Waals surface area contributed by atoms with Gasteiger partial charge in [-0.1, -0.05) is 30.7 Å². The monoisotopic (exact) mass is 302 g/mol. The molecule has 0 aromatic heterocycles. The fourth-order valence-corrected chi connectivity index (χ4v) is 3.09. The Balaban J connectivity index is 0.00000180. The second kappa shape index (κ2) is 8.11. The molecule has 2 rings (SSSR count). The van der Waals surface area contributed by atoms with Gasteiger partial charge in [0.15, 0.2) is 0 Å². The highest BCUT2D eigenvalue weighted by Crippen LogP contribution is 2.29. The molecule has 2 atom stereocenters. The molecule has 108 valence electrons. The molecule has 0 saturated carbocycles. The van der Waals surface area contributed by atoms with Crippen LogP contribution < -0.4 is 5.73 Å². The van der Waals surface area contributed by atoms with Gasteiger partial charge in [-0.3, -0.25) is 4.90 Å². The van der Waals surface area contributed by atoms with Crippen LogP contribution in [0.5, 0.6) is 0 Å². The van der Waals surface area contributed by atoms with Gasteiger partial charge in [0.1, 0.15) is 0 Å². The number of benzene rings is 1. The number of hydrogen-bond acceptors (Lipinski definition) is 2. The van der Waals surface area contributed by atoms with Gasteiger partial charge in [-0.25, -0.2) is 0 Å². The lowest BCUT2D eigenvalue weighted by Gasteiger charge is -2.38. The fraction of sp³-hybridized carbons (Fsp3) is 0.600. The molecule has 1 aliphatic heterocycles. The lowest BCUT2D eigenvalue weighted by molar-refractivity contribution is 0.122. The molecule has 1 saturated heterocycles. The Morgan fingerprint density at radius 3 is 2.63 bits per heavy atom. The largest absolute Gasteiger partial charge is 0.330 e. The van der Waals surface area contributed by atoms with Gasteiger partial charge < -0.3 is 5.73 Å². The maximum atomic E-state index is 5.96. The Morgan fingerprint density at radius 1 is 1.37 bits per heavy atom. The Morgan fingerprint density at radius 2 is 2.05 bits per heavy atom. The lowest BCUT2D eigenvalue weighted by Crippen LogP contribution is -2.40. The molecule has 0 aliphatic carbocycles. The van der Waals surface area contributed by atoms with Gasteiger partial charge in [-0.05, 0) is 56.0 Å². The molecule has 1 aromatic carbocycles. The van der Waals surface area contributed by atoms with Crippen molar-refractivity contribution in [3.05, 3.63) is 34.9 Å². The predicted molar refractivity (Wildman–Crippen MR) is 85.1 cm³/mol. The third-order valence-electron chi connectivity index (χ3n) is 3.97. The minimum Gasteiger partial charge on any atom is -0.330 e. The summed E-state index contributed by atoms with van der Waals surface area (Å²) in [5.41, 5.74) is 7.20. The predicted octanol–water partition coefficient (Wildman–Crippen LogP) is 3.88. The number of nitrogens with zero attached hydrogens (tertiary/aromatic N) is 1. The van der Waals surface area contributed by atoms with E-state index in [0.29, 0.717) is 12.0 Å². The summed E-state index contributed by atoms with van der Waals surface area (Å²) in [6.07, 6.45) is 3.69. The SMILES string of the molecule is CCC(c1ccc(Cl)cc1)N1CCCC(CN)C1.Cl. The molecule has 0 spiro atoms. The maximum Gasteiger partial charge on any atom is 0.0406 e. The highest BCUT2D eigenvalue weighted by Gasteiger charge is 2.25. The summed E-state index contributed by atoms with van der Waals surface area (Å²) in [5, 5.41) is 0.812. The minimum absolute atomic E-state index is 0. The van der Waals surface area contributed by atoms with Crippen LogP contribution in [0, 0.1) is 5.92 Å². The van der Waals surface area contributed by atoms with E-state index in [9.17, 15) is 0 Å². The highest BCUT2D eigenvalue weighted by molar-refractivity contribution is 6.30. The molecule has 2 unspecified atom stereocenters. The van der Waals surface area contributed by atoms with E-state index in [1.807, 2.05) is 12.1 Å². The van der Waals surface area contributed by atoms with Crippen LogP contribution in [-0.4, -0.2) is 24.5 Å². The first-order chi connectivity index (χ1) is 8.74. The molecule has 1 fully saturated rings.